The van der Waals surface area contributed by atoms with E-state index in [4.69, 9.17) is 4.74 Å². The zero-order chi connectivity index (χ0) is 15.4. The Kier molecular flexibility index (Phi) is 10.4. The van der Waals surface area contributed by atoms with Gasteiger partial charge in [0, 0.05) is 26.3 Å². The van der Waals surface area contributed by atoms with Gasteiger partial charge in [-0.1, -0.05) is 13.3 Å². The number of amides is 1. The molecule has 0 atom stereocenters. The first-order valence-electron chi connectivity index (χ1n) is 6.99. The van der Waals surface area contributed by atoms with Crippen LogP contribution in [0.1, 0.15) is 46.0 Å². The van der Waals surface area contributed by atoms with Crippen molar-refractivity contribution in [3.8, 4) is 0 Å². The summed E-state index contributed by atoms with van der Waals surface area (Å²) in [6.07, 6.45) is 4.21. The molecule has 1 aliphatic heterocycles. The van der Waals surface area contributed by atoms with Crippen LogP contribution < -0.4 is 0 Å². The molecule has 1 rings (SSSR count). The summed E-state index contributed by atoms with van der Waals surface area (Å²) in [7, 11) is 1.35. The van der Waals surface area contributed by atoms with Crippen LogP contribution in [0.25, 0.3) is 0 Å². The van der Waals surface area contributed by atoms with E-state index in [-0.39, 0.29) is 17.8 Å². The van der Waals surface area contributed by atoms with Gasteiger partial charge in [-0.05, 0) is 12.8 Å². The average molecular weight is 287 g/mol. The summed E-state index contributed by atoms with van der Waals surface area (Å²) in [5.74, 6) is -0.248. The molecule has 0 saturated carbocycles. The summed E-state index contributed by atoms with van der Waals surface area (Å²) < 4.78 is 9.06. The van der Waals surface area contributed by atoms with Crippen molar-refractivity contribution < 1.29 is 23.9 Å². The Labute approximate surface area is 120 Å². The Morgan fingerprint density at radius 1 is 1.25 bits per heavy atom. The molecule has 1 heterocycles. The first kappa shape index (κ1) is 18.4. The zero-order valence-electron chi connectivity index (χ0n) is 12.6. The van der Waals surface area contributed by atoms with E-state index in [0.717, 1.165) is 25.8 Å². The molecule has 0 unspecified atom stereocenters. The first-order chi connectivity index (χ1) is 9.51. The standard InChI is InChI=1S/C11H19NO3.C3H6O2/c1-2-11(14)15-9-8-12-7-5-3-4-6-10(12)13;1-3(4)5-2/h2-9H2,1H3;1-2H3. The molecule has 0 bridgehead atoms. The summed E-state index contributed by atoms with van der Waals surface area (Å²) in [6.45, 7) is 4.81. The van der Waals surface area contributed by atoms with Crippen molar-refractivity contribution >= 4 is 17.8 Å². The van der Waals surface area contributed by atoms with Gasteiger partial charge in [0.2, 0.25) is 5.91 Å². The molecule has 1 amide bonds. The zero-order valence-corrected chi connectivity index (χ0v) is 12.6. The van der Waals surface area contributed by atoms with Gasteiger partial charge in [-0.25, -0.2) is 0 Å². The summed E-state index contributed by atoms with van der Waals surface area (Å²) >= 11 is 0. The molecule has 6 heteroatoms. The second-order valence-electron chi connectivity index (χ2n) is 4.46. The summed E-state index contributed by atoms with van der Waals surface area (Å²) in [5.41, 5.74) is 0. The number of likely N-dealkylation sites (tertiary alicyclic amines) is 1. The van der Waals surface area contributed by atoms with Gasteiger partial charge < -0.3 is 14.4 Å². The van der Waals surface area contributed by atoms with E-state index < -0.39 is 0 Å². The molecule has 20 heavy (non-hydrogen) atoms. The maximum absolute atomic E-state index is 11.5. The van der Waals surface area contributed by atoms with Gasteiger partial charge in [-0.3, -0.25) is 14.4 Å². The van der Waals surface area contributed by atoms with Crippen LogP contribution in [-0.4, -0.2) is 49.6 Å². The van der Waals surface area contributed by atoms with Crippen LogP contribution in [0.3, 0.4) is 0 Å². The first-order valence-corrected chi connectivity index (χ1v) is 6.99. The van der Waals surface area contributed by atoms with Gasteiger partial charge in [0.15, 0.2) is 0 Å². The van der Waals surface area contributed by atoms with E-state index in [1.54, 1.807) is 11.8 Å². The number of rotatable bonds is 4. The molecule has 0 aromatic heterocycles. The maximum Gasteiger partial charge on any atom is 0.305 e. The van der Waals surface area contributed by atoms with Crippen LogP contribution in [-0.2, 0) is 23.9 Å². The minimum atomic E-state index is -0.245. The average Bonchev–Trinajstić information content (AvgIpc) is 2.64. The molecule has 0 aliphatic carbocycles. The van der Waals surface area contributed by atoms with E-state index >= 15 is 0 Å². The summed E-state index contributed by atoms with van der Waals surface area (Å²) in [6, 6.07) is 0. The summed E-state index contributed by atoms with van der Waals surface area (Å²) in [4.78, 5) is 33.8. The van der Waals surface area contributed by atoms with Crippen molar-refractivity contribution in [2.75, 3.05) is 26.8 Å². The molecule has 1 fully saturated rings. The van der Waals surface area contributed by atoms with Gasteiger partial charge in [-0.2, -0.15) is 0 Å². The van der Waals surface area contributed by atoms with Crippen molar-refractivity contribution in [2.24, 2.45) is 0 Å². The van der Waals surface area contributed by atoms with E-state index in [0.29, 0.717) is 26.0 Å². The third-order valence-electron chi connectivity index (χ3n) is 2.87. The van der Waals surface area contributed by atoms with Gasteiger partial charge >= 0.3 is 11.9 Å². The highest BCUT2D eigenvalue weighted by Gasteiger charge is 2.16. The lowest BCUT2D eigenvalue weighted by Crippen LogP contribution is -2.33. The van der Waals surface area contributed by atoms with Crippen molar-refractivity contribution in [2.45, 2.75) is 46.0 Å². The third-order valence-corrected chi connectivity index (χ3v) is 2.87. The second-order valence-corrected chi connectivity index (χ2v) is 4.46. The lowest BCUT2D eigenvalue weighted by Gasteiger charge is -2.19. The molecule has 1 aliphatic rings. The predicted molar refractivity (Wildman–Crippen MR) is 74.0 cm³/mol. The van der Waals surface area contributed by atoms with Crippen LogP contribution in [0, 0.1) is 0 Å². The van der Waals surface area contributed by atoms with Crippen LogP contribution in [0.4, 0.5) is 0 Å². The highest BCUT2D eigenvalue weighted by Crippen LogP contribution is 2.10. The minimum Gasteiger partial charge on any atom is -0.469 e. The number of methoxy groups -OCH3 is 1. The number of carbonyl (C=O) groups is 3. The van der Waals surface area contributed by atoms with E-state index in [1.165, 1.54) is 14.0 Å². The van der Waals surface area contributed by atoms with Gasteiger partial charge in [0.05, 0.1) is 13.7 Å². The molecule has 0 radical (unpaired) electrons. The van der Waals surface area contributed by atoms with Crippen molar-refractivity contribution in [3.05, 3.63) is 0 Å². The van der Waals surface area contributed by atoms with E-state index in [2.05, 4.69) is 4.74 Å². The molecule has 1 saturated heterocycles. The number of nitrogens with zero attached hydrogens (tertiary/aromatic N) is 1. The molecular weight excluding hydrogens is 262 g/mol. The Bertz CT molecular complexity index is 317. The third kappa shape index (κ3) is 9.35. The van der Waals surface area contributed by atoms with Gasteiger partial charge in [-0.15, -0.1) is 0 Å². The molecular formula is C14H25NO5. The smallest absolute Gasteiger partial charge is 0.305 e. The predicted octanol–water partition coefficient (Wildman–Crippen LogP) is 1.52. The Morgan fingerprint density at radius 2 is 1.90 bits per heavy atom. The fraction of sp³-hybridized carbons (Fsp3) is 0.786. The second kappa shape index (κ2) is 11.3. The molecule has 0 spiro atoms. The molecule has 0 aromatic rings. The number of ether oxygens (including phenoxy) is 2. The Hall–Kier alpha value is -1.59. The van der Waals surface area contributed by atoms with Crippen molar-refractivity contribution in [3.63, 3.8) is 0 Å². The van der Waals surface area contributed by atoms with Gasteiger partial charge in [0.25, 0.3) is 0 Å². The monoisotopic (exact) mass is 287 g/mol. The summed E-state index contributed by atoms with van der Waals surface area (Å²) in [5, 5.41) is 0. The molecule has 116 valence electrons. The SMILES string of the molecule is CCC(=O)OCCN1CCCCCC1=O.COC(C)=O. The number of hydrogen-bond donors (Lipinski definition) is 0. The molecule has 6 nitrogen and oxygen atoms in total. The van der Waals surface area contributed by atoms with Crippen LogP contribution in [0.5, 0.6) is 0 Å². The quantitative estimate of drug-likeness (QED) is 0.733. The fourth-order valence-corrected chi connectivity index (χ4v) is 1.65. The lowest BCUT2D eigenvalue weighted by molar-refractivity contribution is -0.145. The van der Waals surface area contributed by atoms with E-state index in [9.17, 15) is 14.4 Å². The number of carbonyl (C=O) groups excluding carboxylic acids is 3. The normalized spacial score (nSPS) is 14.8. The highest BCUT2D eigenvalue weighted by molar-refractivity contribution is 5.76. The Morgan fingerprint density at radius 3 is 2.45 bits per heavy atom. The highest BCUT2D eigenvalue weighted by atomic mass is 16.5. The lowest BCUT2D eigenvalue weighted by atomic mass is 10.2. The van der Waals surface area contributed by atoms with Crippen LogP contribution in [0.2, 0.25) is 0 Å². The fourth-order valence-electron chi connectivity index (χ4n) is 1.65. The van der Waals surface area contributed by atoms with Gasteiger partial charge in [0.1, 0.15) is 6.61 Å². The maximum atomic E-state index is 11.5. The molecule has 0 aromatic carbocycles. The van der Waals surface area contributed by atoms with Crippen molar-refractivity contribution in [1.82, 2.24) is 4.90 Å². The van der Waals surface area contributed by atoms with E-state index in [1.807, 2.05) is 0 Å². The topological polar surface area (TPSA) is 72.9 Å². The van der Waals surface area contributed by atoms with Crippen molar-refractivity contribution in [1.29, 1.82) is 0 Å². The van der Waals surface area contributed by atoms with Crippen LogP contribution in [0.15, 0.2) is 0 Å². The largest absolute Gasteiger partial charge is 0.469 e. The number of esters is 2. The number of hydrogen-bond acceptors (Lipinski definition) is 5. The molecule has 0 N–H and O–H groups in total. The van der Waals surface area contributed by atoms with Crippen LogP contribution >= 0.6 is 0 Å². The minimum absolute atomic E-state index is 0.194. The Balaban J connectivity index is 0.000000621.